The van der Waals surface area contributed by atoms with Gasteiger partial charge < -0.3 is 4.90 Å². The molecule has 3 nitrogen and oxygen atoms in total. The molecule has 1 aliphatic rings. The molecule has 0 aliphatic carbocycles. The van der Waals surface area contributed by atoms with E-state index in [2.05, 4.69) is 45.2 Å². The summed E-state index contributed by atoms with van der Waals surface area (Å²) in [5.41, 5.74) is 2.37. The zero-order chi connectivity index (χ0) is 13.9. The Kier molecular flexibility index (Phi) is 3.88. The highest BCUT2D eigenvalue weighted by molar-refractivity contribution is 6.28. The van der Waals surface area contributed by atoms with Gasteiger partial charge in [-0.05, 0) is 42.8 Å². The second-order valence-corrected chi connectivity index (χ2v) is 5.65. The van der Waals surface area contributed by atoms with Gasteiger partial charge in [-0.1, -0.05) is 30.3 Å². The van der Waals surface area contributed by atoms with Crippen LogP contribution >= 0.6 is 11.6 Å². The summed E-state index contributed by atoms with van der Waals surface area (Å²) in [7, 11) is 0. The maximum atomic E-state index is 5.95. The van der Waals surface area contributed by atoms with Crippen molar-refractivity contribution in [2.75, 3.05) is 18.0 Å². The Morgan fingerprint density at radius 1 is 1.10 bits per heavy atom. The highest BCUT2D eigenvalue weighted by Crippen LogP contribution is 2.30. The minimum Gasteiger partial charge on any atom is -0.356 e. The molecule has 0 amide bonds. The molecule has 1 aromatic carbocycles. The quantitative estimate of drug-likeness (QED) is 0.786. The SMILES string of the molecule is Cc1cc(N2CCC(c3ccccc3)CC2)nc(Cl)n1. The maximum Gasteiger partial charge on any atom is 0.224 e. The van der Waals surface area contributed by atoms with Gasteiger partial charge in [-0.25, -0.2) is 9.97 Å². The van der Waals surface area contributed by atoms with Crippen molar-refractivity contribution in [1.82, 2.24) is 9.97 Å². The fourth-order valence-electron chi connectivity index (χ4n) is 2.85. The molecule has 0 atom stereocenters. The van der Waals surface area contributed by atoms with Gasteiger partial charge in [-0.3, -0.25) is 0 Å². The summed E-state index contributed by atoms with van der Waals surface area (Å²) in [6.45, 7) is 3.99. The molecule has 0 saturated carbocycles. The highest BCUT2D eigenvalue weighted by Gasteiger charge is 2.21. The molecule has 0 spiro atoms. The number of hydrogen-bond acceptors (Lipinski definition) is 3. The van der Waals surface area contributed by atoms with Gasteiger partial charge in [-0.2, -0.15) is 0 Å². The van der Waals surface area contributed by atoms with Gasteiger partial charge in [0, 0.05) is 24.8 Å². The van der Waals surface area contributed by atoms with Crippen LogP contribution in [0.5, 0.6) is 0 Å². The molecule has 3 rings (SSSR count). The summed E-state index contributed by atoms with van der Waals surface area (Å²) in [5, 5.41) is 0.338. The first kappa shape index (κ1) is 13.4. The van der Waals surface area contributed by atoms with Crippen molar-refractivity contribution in [1.29, 1.82) is 0 Å². The van der Waals surface area contributed by atoms with E-state index >= 15 is 0 Å². The molecule has 1 saturated heterocycles. The number of anilines is 1. The first-order chi connectivity index (χ1) is 9.72. The number of benzene rings is 1. The highest BCUT2D eigenvalue weighted by atomic mass is 35.5. The molecule has 0 N–H and O–H groups in total. The molecule has 4 heteroatoms. The van der Waals surface area contributed by atoms with Crippen LogP contribution in [0, 0.1) is 6.92 Å². The van der Waals surface area contributed by atoms with E-state index in [-0.39, 0.29) is 0 Å². The lowest BCUT2D eigenvalue weighted by Crippen LogP contribution is -2.33. The van der Waals surface area contributed by atoms with Crippen molar-refractivity contribution in [2.45, 2.75) is 25.7 Å². The predicted octanol–water partition coefficient (Wildman–Crippen LogP) is 3.82. The lowest BCUT2D eigenvalue weighted by molar-refractivity contribution is 0.502. The maximum absolute atomic E-state index is 5.95. The number of hydrogen-bond donors (Lipinski definition) is 0. The number of aryl methyl sites for hydroxylation is 1. The number of halogens is 1. The first-order valence-electron chi connectivity index (χ1n) is 7.03. The van der Waals surface area contributed by atoms with E-state index < -0.39 is 0 Å². The van der Waals surface area contributed by atoms with Crippen LogP contribution in [0.15, 0.2) is 36.4 Å². The van der Waals surface area contributed by atoms with Crippen molar-refractivity contribution in [3.63, 3.8) is 0 Å². The van der Waals surface area contributed by atoms with Gasteiger partial charge in [0.1, 0.15) is 5.82 Å². The number of rotatable bonds is 2. The Balaban J connectivity index is 1.69. The van der Waals surface area contributed by atoms with E-state index in [1.807, 2.05) is 13.0 Å². The van der Waals surface area contributed by atoms with Crippen LogP contribution in [-0.4, -0.2) is 23.1 Å². The van der Waals surface area contributed by atoms with Crippen LogP contribution in [-0.2, 0) is 0 Å². The summed E-state index contributed by atoms with van der Waals surface area (Å²) in [5.74, 6) is 1.61. The van der Waals surface area contributed by atoms with Gasteiger partial charge in [0.25, 0.3) is 0 Å². The van der Waals surface area contributed by atoms with Gasteiger partial charge in [0.05, 0.1) is 0 Å². The van der Waals surface area contributed by atoms with Gasteiger partial charge in [-0.15, -0.1) is 0 Å². The summed E-state index contributed by atoms with van der Waals surface area (Å²) >= 11 is 5.95. The fraction of sp³-hybridized carbons (Fsp3) is 0.375. The van der Waals surface area contributed by atoms with E-state index in [1.54, 1.807) is 0 Å². The van der Waals surface area contributed by atoms with Crippen LogP contribution in [0.3, 0.4) is 0 Å². The molecule has 0 bridgehead atoms. The largest absolute Gasteiger partial charge is 0.356 e. The monoisotopic (exact) mass is 287 g/mol. The molecular weight excluding hydrogens is 270 g/mol. The molecule has 0 radical (unpaired) electrons. The van der Waals surface area contributed by atoms with Crippen LogP contribution in [0.25, 0.3) is 0 Å². The Morgan fingerprint density at radius 3 is 2.45 bits per heavy atom. The minimum absolute atomic E-state index is 0.338. The van der Waals surface area contributed by atoms with Crippen molar-refractivity contribution in [3.05, 3.63) is 52.9 Å². The van der Waals surface area contributed by atoms with Crippen LogP contribution in [0.1, 0.15) is 30.0 Å². The molecule has 104 valence electrons. The van der Waals surface area contributed by atoms with Crippen LogP contribution in [0.4, 0.5) is 5.82 Å². The lowest BCUT2D eigenvalue weighted by atomic mass is 9.89. The Labute approximate surface area is 124 Å². The van der Waals surface area contributed by atoms with Gasteiger partial charge in [0.15, 0.2) is 0 Å². The second-order valence-electron chi connectivity index (χ2n) is 5.31. The van der Waals surface area contributed by atoms with Gasteiger partial charge >= 0.3 is 0 Å². The third-order valence-corrected chi connectivity index (χ3v) is 4.07. The standard InChI is InChI=1S/C16H18ClN3/c1-12-11-15(19-16(17)18-12)20-9-7-14(8-10-20)13-5-3-2-4-6-13/h2-6,11,14H,7-10H2,1H3. The van der Waals surface area contributed by atoms with Crippen molar-refractivity contribution < 1.29 is 0 Å². The molecule has 2 aromatic rings. The second kappa shape index (κ2) is 5.80. The van der Waals surface area contributed by atoms with E-state index in [0.29, 0.717) is 11.2 Å². The topological polar surface area (TPSA) is 29.0 Å². The molecular formula is C16H18ClN3. The molecule has 1 aliphatic heterocycles. The van der Waals surface area contributed by atoms with Crippen LogP contribution < -0.4 is 4.90 Å². The van der Waals surface area contributed by atoms with Crippen molar-refractivity contribution >= 4 is 17.4 Å². The van der Waals surface area contributed by atoms with E-state index in [1.165, 1.54) is 5.56 Å². The summed E-state index contributed by atoms with van der Waals surface area (Å²) in [4.78, 5) is 10.8. The smallest absolute Gasteiger partial charge is 0.224 e. The van der Waals surface area contributed by atoms with Crippen LogP contribution in [0.2, 0.25) is 5.28 Å². The zero-order valence-corrected chi connectivity index (χ0v) is 12.3. The predicted molar refractivity (Wildman–Crippen MR) is 82.4 cm³/mol. The Morgan fingerprint density at radius 2 is 1.80 bits per heavy atom. The number of nitrogens with zero attached hydrogens (tertiary/aromatic N) is 3. The average molecular weight is 288 g/mol. The molecule has 20 heavy (non-hydrogen) atoms. The lowest BCUT2D eigenvalue weighted by Gasteiger charge is -2.33. The summed E-state index contributed by atoms with van der Waals surface area (Å²) in [6, 6.07) is 12.8. The molecule has 0 unspecified atom stereocenters. The van der Waals surface area contributed by atoms with Crippen molar-refractivity contribution in [2.24, 2.45) is 0 Å². The third kappa shape index (κ3) is 2.93. The molecule has 1 aromatic heterocycles. The van der Waals surface area contributed by atoms with Crippen molar-refractivity contribution in [3.8, 4) is 0 Å². The number of piperidine rings is 1. The number of aromatic nitrogens is 2. The minimum atomic E-state index is 0.338. The summed E-state index contributed by atoms with van der Waals surface area (Å²) in [6.07, 6.45) is 2.31. The zero-order valence-electron chi connectivity index (χ0n) is 11.6. The Hall–Kier alpha value is -1.61. The van der Waals surface area contributed by atoms with E-state index in [4.69, 9.17) is 11.6 Å². The van der Waals surface area contributed by atoms with E-state index in [0.717, 1.165) is 37.4 Å². The normalized spacial score (nSPS) is 16.4. The fourth-order valence-corrected chi connectivity index (χ4v) is 3.07. The third-order valence-electron chi connectivity index (χ3n) is 3.90. The summed E-state index contributed by atoms with van der Waals surface area (Å²) < 4.78 is 0. The molecule has 1 fully saturated rings. The van der Waals surface area contributed by atoms with E-state index in [9.17, 15) is 0 Å². The molecule has 2 heterocycles. The average Bonchev–Trinajstić information content (AvgIpc) is 2.47. The first-order valence-corrected chi connectivity index (χ1v) is 7.41. The van der Waals surface area contributed by atoms with Gasteiger partial charge in [0.2, 0.25) is 5.28 Å². The Bertz CT molecular complexity index is 557.